The van der Waals surface area contributed by atoms with Crippen molar-refractivity contribution in [2.75, 3.05) is 26.3 Å². The molecule has 0 aliphatic carbocycles. The Balaban J connectivity index is 2.30. The third-order valence-corrected chi connectivity index (χ3v) is 3.89. The number of hydrogen-bond acceptors (Lipinski definition) is 4. The second-order valence-corrected chi connectivity index (χ2v) is 5.29. The van der Waals surface area contributed by atoms with Crippen LogP contribution in [0, 0.1) is 0 Å². The Bertz CT molecular complexity index is 501. The van der Waals surface area contributed by atoms with Crippen LogP contribution in [0.4, 0.5) is 13.2 Å². The van der Waals surface area contributed by atoms with E-state index in [4.69, 9.17) is 9.84 Å². The minimum atomic E-state index is -4.51. The third kappa shape index (κ3) is 3.65. The van der Waals surface area contributed by atoms with E-state index in [0.717, 1.165) is 30.1 Å². The van der Waals surface area contributed by atoms with Crippen LogP contribution in [-0.2, 0) is 10.9 Å². The Morgan fingerprint density at radius 3 is 2.50 bits per heavy atom. The summed E-state index contributed by atoms with van der Waals surface area (Å²) in [5.41, 5.74) is -0.979. The van der Waals surface area contributed by atoms with Gasteiger partial charge in [0.25, 0.3) is 0 Å². The maximum Gasteiger partial charge on any atom is 0.417 e. The van der Waals surface area contributed by atoms with E-state index in [9.17, 15) is 18.0 Å². The first-order valence-electron chi connectivity index (χ1n) is 5.83. The molecule has 20 heavy (non-hydrogen) atoms. The van der Waals surface area contributed by atoms with Gasteiger partial charge in [-0.1, -0.05) is 0 Å². The van der Waals surface area contributed by atoms with Crippen molar-refractivity contribution in [2.24, 2.45) is 0 Å². The lowest BCUT2D eigenvalue weighted by Gasteiger charge is -2.26. The lowest BCUT2D eigenvalue weighted by atomic mass is 10.1. The highest BCUT2D eigenvalue weighted by molar-refractivity contribution is 7.97. The van der Waals surface area contributed by atoms with E-state index in [1.807, 2.05) is 0 Å². The number of halogens is 3. The predicted octanol–water partition coefficient (Wildman–Crippen LogP) is 2.74. The van der Waals surface area contributed by atoms with Gasteiger partial charge in [-0.3, -0.25) is 0 Å². The normalized spacial score (nSPS) is 17.1. The zero-order valence-electron chi connectivity index (χ0n) is 10.3. The molecule has 4 nitrogen and oxygen atoms in total. The fraction of sp³-hybridized carbons (Fsp3) is 0.417. The zero-order valence-corrected chi connectivity index (χ0v) is 11.1. The fourth-order valence-electron chi connectivity index (χ4n) is 1.74. The molecular weight excluding hydrogens is 295 g/mol. The second kappa shape index (κ2) is 6.02. The van der Waals surface area contributed by atoms with Crippen LogP contribution in [0.2, 0.25) is 0 Å². The summed E-state index contributed by atoms with van der Waals surface area (Å²) in [6, 6.07) is 2.84. The summed E-state index contributed by atoms with van der Waals surface area (Å²) >= 11 is 0.920. The SMILES string of the molecule is O=C(O)c1ccc(C(F)(F)F)c(SN2CCOCC2)c1. The number of carboxylic acids is 1. The van der Waals surface area contributed by atoms with Gasteiger partial charge in [0, 0.05) is 18.0 Å². The number of alkyl halides is 3. The van der Waals surface area contributed by atoms with Crippen LogP contribution in [0.15, 0.2) is 23.1 Å². The van der Waals surface area contributed by atoms with E-state index < -0.39 is 17.7 Å². The van der Waals surface area contributed by atoms with Gasteiger partial charge in [-0.05, 0) is 30.1 Å². The summed E-state index contributed by atoms with van der Waals surface area (Å²) in [7, 11) is 0. The van der Waals surface area contributed by atoms with Crippen molar-refractivity contribution in [3.05, 3.63) is 29.3 Å². The standard InChI is InChI=1S/C12H12F3NO3S/c13-12(14,15)9-2-1-8(11(17)18)7-10(9)20-16-3-5-19-6-4-16/h1-2,7H,3-6H2,(H,17,18). The van der Waals surface area contributed by atoms with E-state index in [0.29, 0.717) is 26.3 Å². The Kier molecular flexibility index (Phi) is 4.56. The zero-order chi connectivity index (χ0) is 14.8. The van der Waals surface area contributed by atoms with Crippen LogP contribution < -0.4 is 0 Å². The van der Waals surface area contributed by atoms with Gasteiger partial charge in [0.05, 0.1) is 24.3 Å². The molecule has 0 bridgehead atoms. The van der Waals surface area contributed by atoms with E-state index in [1.54, 1.807) is 4.31 Å². The van der Waals surface area contributed by atoms with Crippen LogP contribution in [0.3, 0.4) is 0 Å². The quantitative estimate of drug-likeness (QED) is 0.870. The molecule has 2 rings (SSSR count). The summed E-state index contributed by atoms with van der Waals surface area (Å²) in [6.45, 7) is 1.90. The Morgan fingerprint density at radius 1 is 1.30 bits per heavy atom. The summed E-state index contributed by atoms with van der Waals surface area (Å²) in [5, 5.41) is 8.88. The molecule has 0 amide bonds. The molecule has 0 unspecified atom stereocenters. The molecule has 1 heterocycles. The number of benzene rings is 1. The van der Waals surface area contributed by atoms with E-state index >= 15 is 0 Å². The number of aromatic carboxylic acids is 1. The van der Waals surface area contributed by atoms with Crippen LogP contribution in [0.1, 0.15) is 15.9 Å². The van der Waals surface area contributed by atoms with Crippen molar-refractivity contribution < 1.29 is 27.8 Å². The molecule has 0 saturated carbocycles. The molecule has 1 aliphatic heterocycles. The molecule has 1 aromatic carbocycles. The highest BCUT2D eigenvalue weighted by Gasteiger charge is 2.34. The number of rotatable bonds is 3. The van der Waals surface area contributed by atoms with Crippen molar-refractivity contribution in [2.45, 2.75) is 11.1 Å². The Labute approximate surface area is 117 Å². The molecule has 0 radical (unpaired) electrons. The largest absolute Gasteiger partial charge is 0.478 e. The highest BCUT2D eigenvalue weighted by Crippen LogP contribution is 2.38. The number of carboxylic acid groups (broad SMARTS) is 1. The average molecular weight is 307 g/mol. The summed E-state index contributed by atoms with van der Waals surface area (Å²) < 4.78 is 45.7. The van der Waals surface area contributed by atoms with Crippen molar-refractivity contribution in [3.63, 3.8) is 0 Å². The molecule has 0 atom stereocenters. The Hall–Kier alpha value is -1.25. The van der Waals surface area contributed by atoms with Crippen LogP contribution in [-0.4, -0.2) is 41.7 Å². The molecule has 0 aromatic heterocycles. The smallest absolute Gasteiger partial charge is 0.417 e. The fourth-order valence-corrected chi connectivity index (χ4v) is 2.81. The molecule has 1 aliphatic rings. The van der Waals surface area contributed by atoms with Gasteiger partial charge >= 0.3 is 12.1 Å². The van der Waals surface area contributed by atoms with Crippen LogP contribution in [0.5, 0.6) is 0 Å². The van der Waals surface area contributed by atoms with Crippen molar-refractivity contribution in [1.82, 2.24) is 4.31 Å². The van der Waals surface area contributed by atoms with Gasteiger partial charge < -0.3 is 9.84 Å². The number of ether oxygens (including phenoxy) is 1. The lowest BCUT2D eigenvalue weighted by Crippen LogP contribution is -2.31. The lowest BCUT2D eigenvalue weighted by molar-refractivity contribution is -0.139. The maximum atomic E-state index is 12.9. The predicted molar refractivity (Wildman–Crippen MR) is 66.7 cm³/mol. The molecular formula is C12H12F3NO3S. The number of morpholine rings is 1. The molecule has 8 heteroatoms. The topological polar surface area (TPSA) is 49.8 Å². The number of carbonyl (C=O) groups is 1. The molecule has 1 aromatic rings. The minimum absolute atomic E-state index is 0.0979. The number of nitrogens with zero attached hydrogens (tertiary/aromatic N) is 1. The molecule has 1 saturated heterocycles. The number of hydrogen-bond donors (Lipinski definition) is 1. The first-order chi connectivity index (χ1) is 9.38. The first-order valence-corrected chi connectivity index (χ1v) is 6.60. The maximum absolute atomic E-state index is 12.9. The second-order valence-electron chi connectivity index (χ2n) is 4.15. The van der Waals surface area contributed by atoms with Crippen LogP contribution >= 0.6 is 11.9 Å². The van der Waals surface area contributed by atoms with E-state index in [1.165, 1.54) is 0 Å². The van der Waals surface area contributed by atoms with E-state index in [2.05, 4.69) is 0 Å². The first kappa shape index (κ1) is 15.1. The van der Waals surface area contributed by atoms with Crippen molar-refractivity contribution in [3.8, 4) is 0 Å². The van der Waals surface area contributed by atoms with Gasteiger partial charge in [-0.2, -0.15) is 13.2 Å². The van der Waals surface area contributed by atoms with Crippen molar-refractivity contribution in [1.29, 1.82) is 0 Å². The average Bonchev–Trinajstić information content (AvgIpc) is 2.38. The third-order valence-electron chi connectivity index (χ3n) is 2.73. The summed E-state index contributed by atoms with van der Waals surface area (Å²) in [5.74, 6) is -1.25. The van der Waals surface area contributed by atoms with Gasteiger partial charge in [0.1, 0.15) is 0 Å². The molecule has 110 valence electrons. The summed E-state index contributed by atoms with van der Waals surface area (Å²) in [6.07, 6.45) is -4.51. The van der Waals surface area contributed by atoms with Gasteiger partial charge in [-0.15, -0.1) is 0 Å². The molecule has 1 N–H and O–H groups in total. The van der Waals surface area contributed by atoms with Gasteiger partial charge in [0.2, 0.25) is 0 Å². The Morgan fingerprint density at radius 2 is 1.95 bits per heavy atom. The van der Waals surface area contributed by atoms with Gasteiger partial charge in [0.15, 0.2) is 0 Å². The monoisotopic (exact) mass is 307 g/mol. The van der Waals surface area contributed by atoms with Gasteiger partial charge in [-0.25, -0.2) is 9.10 Å². The molecule has 0 spiro atoms. The molecule has 1 fully saturated rings. The summed E-state index contributed by atoms with van der Waals surface area (Å²) in [4.78, 5) is 10.8. The van der Waals surface area contributed by atoms with Crippen molar-refractivity contribution >= 4 is 17.9 Å². The minimum Gasteiger partial charge on any atom is -0.478 e. The van der Waals surface area contributed by atoms with Crippen LogP contribution in [0.25, 0.3) is 0 Å². The van der Waals surface area contributed by atoms with E-state index in [-0.39, 0.29) is 10.5 Å². The highest BCUT2D eigenvalue weighted by atomic mass is 32.2.